The third-order valence-electron chi connectivity index (χ3n) is 2.50. The van der Waals surface area contributed by atoms with Crippen LogP contribution in [0, 0.1) is 0 Å². The van der Waals surface area contributed by atoms with E-state index in [9.17, 15) is 4.79 Å². The van der Waals surface area contributed by atoms with E-state index < -0.39 is 5.91 Å². The van der Waals surface area contributed by atoms with Crippen LogP contribution in [-0.4, -0.2) is 5.91 Å². The first-order valence-electron chi connectivity index (χ1n) is 5.43. The molecule has 0 aliphatic heterocycles. The quantitative estimate of drug-likeness (QED) is 0.920. The van der Waals surface area contributed by atoms with Crippen LogP contribution in [-0.2, 0) is 6.61 Å². The predicted octanol–water partition coefficient (Wildman–Crippen LogP) is 3.02. The van der Waals surface area contributed by atoms with Crippen LogP contribution in [0.2, 0.25) is 5.02 Å². The lowest BCUT2D eigenvalue weighted by Crippen LogP contribution is -2.14. The van der Waals surface area contributed by atoms with Crippen LogP contribution in [0.25, 0.3) is 0 Å². The third-order valence-corrected chi connectivity index (χ3v) is 2.81. The van der Waals surface area contributed by atoms with Crippen molar-refractivity contribution in [3.8, 4) is 5.75 Å². The minimum atomic E-state index is -0.464. The van der Waals surface area contributed by atoms with E-state index in [4.69, 9.17) is 22.1 Å². The monoisotopic (exact) mass is 261 g/mol. The molecule has 0 heterocycles. The summed E-state index contributed by atoms with van der Waals surface area (Å²) in [7, 11) is 0. The van der Waals surface area contributed by atoms with E-state index in [1.807, 2.05) is 18.2 Å². The van der Waals surface area contributed by atoms with Crippen LogP contribution < -0.4 is 10.5 Å². The van der Waals surface area contributed by atoms with Gasteiger partial charge in [0.05, 0.1) is 5.02 Å². The number of carbonyl (C=O) groups is 1. The van der Waals surface area contributed by atoms with Crippen molar-refractivity contribution in [2.45, 2.75) is 6.61 Å². The molecule has 0 unspecified atom stereocenters. The Labute approximate surface area is 110 Å². The molecule has 0 aliphatic rings. The van der Waals surface area contributed by atoms with Gasteiger partial charge in [-0.05, 0) is 18.2 Å². The Morgan fingerprint density at radius 1 is 1.11 bits per heavy atom. The molecular formula is C14H12ClNO2. The molecule has 4 heteroatoms. The molecule has 0 fully saturated rings. The van der Waals surface area contributed by atoms with Crippen molar-refractivity contribution in [1.29, 1.82) is 0 Å². The van der Waals surface area contributed by atoms with Crippen molar-refractivity contribution in [3.05, 3.63) is 64.7 Å². The highest BCUT2D eigenvalue weighted by Crippen LogP contribution is 2.24. The number of hydrogen-bond acceptors (Lipinski definition) is 2. The summed E-state index contributed by atoms with van der Waals surface area (Å²) >= 11 is 5.98. The van der Waals surface area contributed by atoms with Crippen molar-refractivity contribution in [2.75, 3.05) is 0 Å². The predicted molar refractivity (Wildman–Crippen MR) is 70.7 cm³/mol. The highest BCUT2D eigenvalue weighted by atomic mass is 35.5. The lowest BCUT2D eigenvalue weighted by atomic mass is 10.1. The van der Waals surface area contributed by atoms with Gasteiger partial charge in [-0.15, -0.1) is 0 Å². The lowest BCUT2D eigenvalue weighted by Gasteiger charge is -2.10. The van der Waals surface area contributed by atoms with Gasteiger partial charge in [0.2, 0.25) is 5.91 Å². The van der Waals surface area contributed by atoms with E-state index >= 15 is 0 Å². The molecule has 0 saturated carbocycles. The van der Waals surface area contributed by atoms with Crippen molar-refractivity contribution in [1.82, 2.24) is 0 Å². The molecule has 18 heavy (non-hydrogen) atoms. The summed E-state index contributed by atoms with van der Waals surface area (Å²) in [6.45, 7) is 0.253. The molecule has 0 saturated heterocycles. The molecule has 0 atom stereocenters. The molecule has 2 aromatic carbocycles. The molecule has 0 aliphatic carbocycles. The number of rotatable bonds is 4. The van der Waals surface area contributed by atoms with Gasteiger partial charge in [0.15, 0.2) is 0 Å². The minimum Gasteiger partial charge on any atom is -0.487 e. The van der Waals surface area contributed by atoms with Gasteiger partial charge in [0.25, 0.3) is 0 Å². The molecule has 2 aromatic rings. The number of amides is 1. The zero-order valence-electron chi connectivity index (χ0n) is 9.60. The third kappa shape index (κ3) is 2.81. The summed E-state index contributed by atoms with van der Waals surface area (Å²) in [6.07, 6.45) is 0. The highest BCUT2D eigenvalue weighted by Gasteiger charge is 2.08. The van der Waals surface area contributed by atoms with E-state index in [-0.39, 0.29) is 6.61 Å². The second-order valence-corrected chi connectivity index (χ2v) is 4.15. The number of para-hydroxylation sites is 1. The molecule has 1 amide bonds. The highest BCUT2D eigenvalue weighted by molar-refractivity contribution is 6.32. The van der Waals surface area contributed by atoms with Crippen LogP contribution in [0.15, 0.2) is 48.5 Å². The topological polar surface area (TPSA) is 52.3 Å². The molecule has 2 N–H and O–H groups in total. The Morgan fingerprint density at radius 2 is 1.78 bits per heavy atom. The number of benzene rings is 2. The van der Waals surface area contributed by atoms with Gasteiger partial charge >= 0.3 is 0 Å². The van der Waals surface area contributed by atoms with Gasteiger partial charge in [-0.25, -0.2) is 0 Å². The normalized spacial score (nSPS) is 10.1. The average Bonchev–Trinajstić information content (AvgIpc) is 2.38. The lowest BCUT2D eigenvalue weighted by molar-refractivity contribution is 0.0998. The first kappa shape index (κ1) is 12.5. The van der Waals surface area contributed by atoms with Crippen LogP contribution in [0.4, 0.5) is 0 Å². The number of ether oxygens (including phenoxy) is 1. The fraction of sp³-hybridized carbons (Fsp3) is 0.0714. The summed E-state index contributed by atoms with van der Waals surface area (Å²) < 4.78 is 5.57. The Kier molecular flexibility index (Phi) is 3.85. The molecule has 2 rings (SSSR count). The molecule has 0 aromatic heterocycles. The summed E-state index contributed by atoms with van der Waals surface area (Å²) in [5, 5.41) is 0.536. The summed E-state index contributed by atoms with van der Waals surface area (Å²) in [5.41, 5.74) is 6.50. The first-order chi connectivity index (χ1) is 8.68. The largest absolute Gasteiger partial charge is 0.487 e. The van der Waals surface area contributed by atoms with Crippen LogP contribution in [0.5, 0.6) is 5.75 Å². The number of primary amides is 1. The Hall–Kier alpha value is -2.00. The molecule has 0 spiro atoms. The van der Waals surface area contributed by atoms with E-state index in [0.29, 0.717) is 16.3 Å². The van der Waals surface area contributed by atoms with Gasteiger partial charge in [0.1, 0.15) is 12.4 Å². The number of nitrogens with two attached hydrogens (primary N) is 1. The molecule has 92 valence electrons. The van der Waals surface area contributed by atoms with Gasteiger partial charge in [-0.3, -0.25) is 4.79 Å². The molecule has 3 nitrogen and oxygen atoms in total. The summed E-state index contributed by atoms with van der Waals surface area (Å²) in [6, 6.07) is 14.3. The maximum Gasteiger partial charge on any atom is 0.249 e. The van der Waals surface area contributed by atoms with Crippen molar-refractivity contribution in [2.24, 2.45) is 5.73 Å². The van der Waals surface area contributed by atoms with E-state index in [1.54, 1.807) is 30.3 Å². The fourth-order valence-electron chi connectivity index (χ4n) is 1.60. The molecule has 0 radical (unpaired) electrons. The van der Waals surface area contributed by atoms with Crippen LogP contribution in [0.3, 0.4) is 0 Å². The zero-order chi connectivity index (χ0) is 13.0. The van der Waals surface area contributed by atoms with E-state index in [1.165, 1.54) is 0 Å². The second-order valence-electron chi connectivity index (χ2n) is 3.74. The van der Waals surface area contributed by atoms with Crippen molar-refractivity contribution < 1.29 is 9.53 Å². The number of halogens is 1. The molecule has 0 bridgehead atoms. The van der Waals surface area contributed by atoms with Crippen LogP contribution >= 0.6 is 11.6 Å². The Bertz CT molecular complexity index is 569. The molecular weight excluding hydrogens is 250 g/mol. The smallest absolute Gasteiger partial charge is 0.249 e. The fourth-order valence-corrected chi connectivity index (χ4v) is 1.79. The van der Waals surface area contributed by atoms with E-state index in [2.05, 4.69) is 0 Å². The summed E-state index contributed by atoms with van der Waals surface area (Å²) in [5.74, 6) is 0.117. The first-order valence-corrected chi connectivity index (χ1v) is 5.81. The Balaban J connectivity index is 2.16. The number of hydrogen-bond donors (Lipinski definition) is 1. The van der Waals surface area contributed by atoms with Crippen LogP contribution in [0.1, 0.15) is 15.9 Å². The average molecular weight is 262 g/mol. The van der Waals surface area contributed by atoms with Gasteiger partial charge in [0, 0.05) is 11.1 Å². The van der Waals surface area contributed by atoms with Crippen molar-refractivity contribution in [3.63, 3.8) is 0 Å². The summed E-state index contributed by atoms with van der Waals surface area (Å²) in [4.78, 5) is 11.2. The number of carbonyl (C=O) groups excluding carboxylic acids is 1. The maximum absolute atomic E-state index is 11.2. The van der Waals surface area contributed by atoms with Gasteiger partial charge < -0.3 is 10.5 Å². The van der Waals surface area contributed by atoms with E-state index in [0.717, 1.165) is 5.56 Å². The standard InChI is InChI=1S/C14H12ClNO2/c15-12-7-3-4-8-13(12)18-9-10-5-1-2-6-11(10)14(16)17/h1-8H,9H2,(H2,16,17). The minimum absolute atomic E-state index is 0.253. The Morgan fingerprint density at radius 3 is 2.50 bits per heavy atom. The maximum atomic E-state index is 11.2. The van der Waals surface area contributed by atoms with Gasteiger partial charge in [-0.2, -0.15) is 0 Å². The second kappa shape index (κ2) is 5.56. The van der Waals surface area contributed by atoms with Crippen molar-refractivity contribution >= 4 is 17.5 Å². The SMILES string of the molecule is NC(=O)c1ccccc1COc1ccccc1Cl. The van der Waals surface area contributed by atoms with Gasteiger partial charge in [-0.1, -0.05) is 41.9 Å². The zero-order valence-corrected chi connectivity index (χ0v) is 10.4.